The van der Waals surface area contributed by atoms with E-state index in [4.69, 9.17) is 14.2 Å². The molecule has 0 saturated heterocycles. The summed E-state index contributed by atoms with van der Waals surface area (Å²) in [5, 5.41) is 5.02. The van der Waals surface area contributed by atoms with Crippen molar-refractivity contribution in [3.63, 3.8) is 0 Å². The Hall–Kier alpha value is -3.18. The summed E-state index contributed by atoms with van der Waals surface area (Å²) in [7, 11) is 1.35. The van der Waals surface area contributed by atoms with Gasteiger partial charge >= 0.3 is 0 Å². The quantitative estimate of drug-likeness (QED) is 0.248. The number of hydrogen-bond donors (Lipinski definition) is 2. The summed E-state index contributed by atoms with van der Waals surface area (Å²) in [5.74, 6) is -2.48. The van der Waals surface area contributed by atoms with Crippen LogP contribution < -0.4 is 24.8 Å². The van der Waals surface area contributed by atoms with Crippen molar-refractivity contribution in [2.45, 2.75) is 39.9 Å². The molecule has 0 spiro atoms. The molecule has 202 valence electrons. The van der Waals surface area contributed by atoms with E-state index < -0.39 is 23.4 Å². The number of anilines is 2. The standard InChI is InChI=1S/C27H26Br2F2N2O5/c1-13(2)37-22-11-16(28)9-19(30)24(22)32-26(34)15-6-7-21(36-5)18(8-15)27(35)33-25-20(31)10-17(29)12-23(25)38-14(3)4/h6-14H,1-5H3,(H,32,34)(H,33,35). The second kappa shape index (κ2) is 12.6. The van der Waals surface area contributed by atoms with Crippen LogP contribution in [0.3, 0.4) is 0 Å². The number of hydrogen-bond acceptors (Lipinski definition) is 5. The van der Waals surface area contributed by atoms with Gasteiger partial charge in [-0.2, -0.15) is 0 Å². The number of halogens is 4. The van der Waals surface area contributed by atoms with Crippen LogP contribution in [-0.4, -0.2) is 31.1 Å². The SMILES string of the molecule is COc1ccc(C(=O)Nc2c(F)cc(Br)cc2OC(C)C)cc1C(=O)Nc1c(F)cc(Br)cc1OC(C)C. The van der Waals surface area contributed by atoms with Gasteiger partial charge in [-0.1, -0.05) is 31.9 Å². The monoisotopic (exact) mass is 654 g/mol. The molecule has 0 aliphatic rings. The predicted octanol–water partition coefficient (Wildman–Crippen LogP) is 7.58. The molecule has 0 aliphatic carbocycles. The lowest BCUT2D eigenvalue weighted by Gasteiger charge is -2.18. The van der Waals surface area contributed by atoms with E-state index in [2.05, 4.69) is 42.5 Å². The van der Waals surface area contributed by atoms with Crippen molar-refractivity contribution in [1.29, 1.82) is 0 Å². The molecule has 0 atom stereocenters. The smallest absolute Gasteiger partial charge is 0.259 e. The molecule has 2 amide bonds. The fourth-order valence-corrected chi connectivity index (χ4v) is 4.25. The van der Waals surface area contributed by atoms with Crippen LogP contribution >= 0.6 is 31.9 Å². The minimum atomic E-state index is -0.745. The van der Waals surface area contributed by atoms with Crippen molar-refractivity contribution in [2.24, 2.45) is 0 Å². The molecule has 0 heterocycles. The largest absolute Gasteiger partial charge is 0.496 e. The molecule has 3 aromatic rings. The van der Waals surface area contributed by atoms with Gasteiger partial charge in [0.2, 0.25) is 0 Å². The Morgan fingerprint density at radius 3 is 1.66 bits per heavy atom. The number of benzene rings is 3. The van der Waals surface area contributed by atoms with E-state index in [1.807, 2.05) is 0 Å². The average Bonchev–Trinajstić information content (AvgIpc) is 2.82. The zero-order chi connectivity index (χ0) is 28.1. The fraction of sp³-hybridized carbons (Fsp3) is 0.259. The second-order valence-corrected chi connectivity index (χ2v) is 10.5. The first-order chi connectivity index (χ1) is 17.9. The van der Waals surface area contributed by atoms with Gasteiger partial charge in [0.1, 0.15) is 28.6 Å². The van der Waals surface area contributed by atoms with E-state index in [1.165, 1.54) is 49.6 Å². The average molecular weight is 656 g/mol. The first kappa shape index (κ1) is 29.4. The van der Waals surface area contributed by atoms with Crippen molar-refractivity contribution in [2.75, 3.05) is 17.7 Å². The predicted molar refractivity (Wildman–Crippen MR) is 149 cm³/mol. The van der Waals surface area contributed by atoms with Crippen LogP contribution in [0.1, 0.15) is 48.4 Å². The lowest BCUT2D eigenvalue weighted by atomic mass is 10.1. The number of ether oxygens (including phenoxy) is 3. The Morgan fingerprint density at radius 1 is 0.737 bits per heavy atom. The number of amides is 2. The van der Waals surface area contributed by atoms with Gasteiger partial charge in [0.05, 0.1) is 24.9 Å². The molecule has 0 radical (unpaired) electrons. The Bertz CT molecular complexity index is 1370. The van der Waals surface area contributed by atoms with E-state index in [0.717, 1.165) is 0 Å². The van der Waals surface area contributed by atoms with Gasteiger partial charge < -0.3 is 24.8 Å². The molecule has 3 aromatic carbocycles. The number of carbonyl (C=O) groups excluding carboxylic acids is 2. The van der Waals surface area contributed by atoms with E-state index in [-0.39, 0.29) is 52.0 Å². The highest BCUT2D eigenvalue weighted by molar-refractivity contribution is 9.10. The molecule has 0 aliphatic heterocycles. The maximum Gasteiger partial charge on any atom is 0.259 e. The topological polar surface area (TPSA) is 85.9 Å². The molecule has 3 rings (SSSR count). The highest BCUT2D eigenvalue weighted by Gasteiger charge is 2.22. The van der Waals surface area contributed by atoms with Crippen LogP contribution in [0.15, 0.2) is 51.4 Å². The molecular weight excluding hydrogens is 630 g/mol. The minimum absolute atomic E-state index is 0.0312. The first-order valence-electron chi connectivity index (χ1n) is 11.5. The molecular formula is C27H26Br2F2N2O5. The van der Waals surface area contributed by atoms with Gasteiger partial charge in [-0.15, -0.1) is 0 Å². The number of methoxy groups -OCH3 is 1. The summed E-state index contributed by atoms with van der Waals surface area (Å²) in [4.78, 5) is 26.3. The summed E-state index contributed by atoms with van der Waals surface area (Å²) >= 11 is 6.43. The van der Waals surface area contributed by atoms with Crippen LogP contribution in [0, 0.1) is 11.6 Å². The summed E-state index contributed by atoms with van der Waals surface area (Å²) in [6, 6.07) is 9.54. The van der Waals surface area contributed by atoms with E-state index in [9.17, 15) is 18.4 Å². The number of rotatable bonds is 9. The van der Waals surface area contributed by atoms with Gasteiger partial charge in [-0.3, -0.25) is 9.59 Å². The first-order valence-corrected chi connectivity index (χ1v) is 13.1. The molecule has 0 unspecified atom stereocenters. The van der Waals surface area contributed by atoms with Gasteiger partial charge in [-0.25, -0.2) is 8.78 Å². The van der Waals surface area contributed by atoms with Gasteiger partial charge in [0, 0.05) is 14.5 Å². The van der Waals surface area contributed by atoms with Crippen LogP contribution in [-0.2, 0) is 0 Å². The Morgan fingerprint density at radius 2 is 1.21 bits per heavy atom. The normalized spacial score (nSPS) is 10.9. The summed E-state index contributed by atoms with van der Waals surface area (Å²) in [6.07, 6.45) is -0.566. The van der Waals surface area contributed by atoms with Crippen molar-refractivity contribution in [3.05, 3.63) is 74.2 Å². The molecule has 0 aromatic heterocycles. The molecule has 7 nitrogen and oxygen atoms in total. The molecule has 38 heavy (non-hydrogen) atoms. The lowest BCUT2D eigenvalue weighted by molar-refractivity contribution is 0.102. The Labute approximate surface area is 236 Å². The highest BCUT2D eigenvalue weighted by atomic mass is 79.9. The second-order valence-electron chi connectivity index (χ2n) is 8.68. The Kier molecular flexibility index (Phi) is 9.72. The van der Waals surface area contributed by atoms with Crippen molar-refractivity contribution >= 4 is 55.0 Å². The van der Waals surface area contributed by atoms with Crippen LogP contribution in [0.2, 0.25) is 0 Å². The third-order valence-electron chi connectivity index (χ3n) is 4.95. The number of carbonyl (C=O) groups is 2. The molecule has 0 fully saturated rings. The van der Waals surface area contributed by atoms with Crippen LogP contribution in [0.25, 0.3) is 0 Å². The summed E-state index contributed by atoms with van der Waals surface area (Å²) in [5.41, 5.74) is -0.339. The van der Waals surface area contributed by atoms with Crippen LogP contribution in [0.4, 0.5) is 20.2 Å². The van der Waals surface area contributed by atoms with Gasteiger partial charge in [0.25, 0.3) is 11.8 Å². The maximum atomic E-state index is 14.8. The van der Waals surface area contributed by atoms with E-state index in [1.54, 1.807) is 27.7 Å². The highest BCUT2D eigenvalue weighted by Crippen LogP contribution is 2.35. The van der Waals surface area contributed by atoms with Gasteiger partial charge in [0.15, 0.2) is 11.6 Å². The summed E-state index contributed by atoms with van der Waals surface area (Å²) in [6.45, 7) is 7.07. The molecule has 11 heteroatoms. The zero-order valence-corrected chi connectivity index (χ0v) is 24.4. The van der Waals surface area contributed by atoms with E-state index >= 15 is 0 Å². The van der Waals surface area contributed by atoms with Gasteiger partial charge in [-0.05, 0) is 70.2 Å². The maximum absolute atomic E-state index is 14.8. The Balaban J connectivity index is 1.95. The third-order valence-corrected chi connectivity index (χ3v) is 5.86. The lowest BCUT2D eigenvalue weighted by Crippen LogP contribution is -2.19. The van der Waals surface area contributed by atoms with E-state index in [0.29, 0.717) is 8.95 Å². The van der Waals surface area contributed by atoms with Crippen molar-refractivity contribution in [1.82, 2.24) is 0 Å². The molecule has 0 bridgehead atoms. The van der Waals surface area contributed by atoms with Crippen molar-refractivity contribution < 1.29 is 32.6 Å². The molecule has 2 N–H and O–H groups in total. The van der Waals surface area contributed by atoms with Crippen LogP contribution in [0.5, 0.6) is 17.2 Å². The minimum Gasteiger partial charge on any atom is -0.496 e. The third kappa shape index (κ3) is 7.22. The number of nitrogens with one attached hydrogen (secondary N) is 2. The fourth-order valence-electron chi connectivity index (χ4n) is 3.43. The summed E-state index contributed by atoms with van der Waals surface area (Å²) < 4.78 is 47.0. The molecule has 0 saturated carbocycles. The zero-order valence-electron chi connectivity index (χ0n) is 21.2. The van der Waals surface area contributed by atoms with Crippen molar-refractivity contribution in [3.8, 4) is 17.2 Å².